The molecular formula is C20H27NO3. The lowest BCUT2D eigenvalue weighted by Gasteiger charge is -2.31. The van der Waals surface area contributed by atoms with Crippen molar-refractivity contribution in [2.24, 2.45) is 11.8 Å². The summed E-state index contributed by atoms with van der Waals surface area (Å²) in [6.45, 7) is 2.83. The van der Waals surface area contributed by atoms with Crippen LogP contribution in [0.4, 0.5) is 0 Å². The molecule has 4 heteroatoms. The van der Waals surface area contributed by atoms with E-state index in [1.165, 1.54) is 11.1 Å². The summed E-state index contributed by atoms with van der Waals surface area (Å²) in [7, 11) is 0. The molecule has 0 aliphatic heterocycles. The normalized spacial score (nSPS) is 23.7. The number of hydrogen-bond acceptors (Lipinski definition) is 2. The third-order valence-corrected chi connectivity index (χ3v) is 5.48. The Morgan fingerprint density at radius 1 is 0.958 bits per heavy atom. The second-order valence-corrected chi connectivity index (χ2v) is 7.25. The van der Waals surface area contributed by atoms with Crippen LogP contribution in [0.5, 0.6) is 0 Å². The van der Waals surface area contributed by atoms with Crippen molar-refractivity contribution in [3.05, 3.63) is 35.4 Å². The summed E-state index contributed by atoms with van der Waals surface area (Å²) in [4.78, 5) is 26.1. The minimum absolute atomic E-state index is 0.0103. The van der Waals surface area contributed by atoms with Crippen molar-refractivity contribution in [2.45, 2.75) is 64.5 Å². The fourth-order valence-electron chi connectivity index (χ4n) is 3.67. The van der Waals surface area contributed by atoms with Crippen molar-refractivity contribution < 1.29 is 14.7 Å². The maximum absolute atomic E-state index is 13.0. The number of carboxylic acid groups (broad SMARTS) is 1. The lowest BCUT2D eigenvalue weighted by Crippen LogP contribution is -2.39. The minimum Gasteiger partial charge on any atom is -0.481 e. The van der Waals surface area contributed by atoms with Crippen LogP contribution >= 0.6 is 0 Å². The molecule has 0 saturated heterocycles. The van der Waals surface area contributed by atoms with Gasteiger partial charge in [0.05, 0.1) is 5.92 Å². The van der Waals surface area contributed by atoms with Gasteiger partial charge in [0, 0.05) is 18.5 Å². The molecule has 130 valence electrons. The minimum atomic E-state index is -0.712. The number of nitrogens with zero attached hydrogens (tertiary/aromatic N) is 1. The summed E-state index contributed by atoms with van der Waals surface area (Å²) in [5, 5.41) is 9.11. The molecule has 0 bridgehead atoms. The number of benzene rings is 1. The zero-order valence-electron chi connectivity index (χ0n) is 14.4. The maximum atomic E-state index is 13.0. The summed E-state index contributed by atoms with van der Waals surface area (Å²) >= 11 is 0. The molecule has 3 rings (SSSR count). The Bertz CT molecular complexity index is 583. The average molecular weight is 329 g/mol. The van der Waals surface area contributed by atoms with Crippen molar-refractivity contribution in [3.8, 4) is 0 Å². The Labute approximate surface area is 143 Å². The quantitative estimate of drug-likeness (QED) is 0.867. The van der Waals surface area contributed by atoms with Gasteiger partial charge in [0.15, 0.2) is 0 Å². The molecule has 2 saturated carbocycles. The van der Waals surface area contributed by atoms with Gasteiger partial charge in [0.1, 0.15) is 0 Å². The van der Waals surface area contributed by atoms with E-state index in [-0.39, 0.29) is 17.7 Å². The van der Waals surface area contributed by atoms with Crippen LogP contribution in [0.1, 0.15) is 56.6 Å². The zero-order valence-corrected chi connectivity index (χ0v) is 14.4. The summed E-state index contributed by atoms with van der Waals surface area (Å²) in [6.07, 6.45) is 5.93. The number of amides is 1. The van der Waals surface area contributed by atoms with Crippen LogP contribution in [0.15, 0.2) is 24.3 Å². The van der Waals surface area contributed by atoms with Gasteiger partial charge in [-0.1, -0.05) is 31.2 Å². The Kier molecular flexibility index (Phi) is 5.22. The van der Waals surface area contributed by atoms with Gasteiger partial charge < -0.3 is 10.0 Å². The fourth-order valence-corrected chi connectivity index (χ4v) is 3.67. The van der Waals surface area contributed by atoms with Gasteiger partial charge in [-0.25, -0.2) is 0 Å². The molecule has 2 aliphatic carbocycles. The molecule has 2 fully saturated rings. The van der Waals surface area contributed by atoms with E-state index in [0.29, 0.717) is 38.3 Å². The first-order chi connectivity index (χ1) is 11.6. The molecule has 0 aromatic heterocycles. The molecule has 2 aliphatic rings. The van der Waals surface area contributed by atoms with Gasteiger partial charge in [-0.3, -0.25) is 9.59 Å². The van der Waals surface area contributed by atoms with Crippen molar-refractivity contribution in [1.29, 1.82) is 0 Å². The van der Waals surface area contributed by atoms with Gasteiger partial charge >= 0.3 is 5.97 Å². The number of carbonyl (C=O) groups excluding carboxylic acids is 1. The van der Waals surface area contributed by atoms with E-state index in [1.807, 2.05) is 4.90 Å². The van der Waals surface area contributed by atoms with Crippen LogP contribution in [-0.2, 0) is 22.6 Å². The Morgan fingerprint density at radius 3 is 2.00 bits per heavy atom. The number of hydrogen-bond donors (Lipinski definition) is 1. The molecule has 0 heterocycles. The summed E-state index contributed by atoms with van der Waals surface area (Å²) in [6, 6.07) is 8.93. The lowest BCUT2D eigenvalue weighted by atomic mass is 9.81. The third kappa shape index (κ3) is 3.97. The second-order valence-electron chi connectivity index (χ2n) is 7.25. The number of aliphatic carboxylic acids is 1. The number of rotatable bonds is 6. The van der Waals surface area contributed by atoms with Crippen molar-refractivity contribution in [2.75, 3.05) is 0 Å². The highest BCUT2D eigenvalue weighted by Gasteiger charge is 2.38. The second kappa shape index (κ2) is 7.37. The molecular weight excluding hydrogens is 302 g/mol. The highest BCUT2D eigenvalue weighted by Crippen LogP contribution is 2.35. The topological polar surface area (TPSA) is 57.6 Å². The predicted molar refractivity (Wildman–Crippen MR) is 92.5 cm³/mol. The molecule has 0 unspecified atom stereocenters. The fraction of sp³-hybridized carbons (Fsp3) is 0.600. The third-order valence-electron chi connectivity index (χ3n) is 5.48. The van der Waals surface area contributed by atoms with E-state index in [2.05, 4.69) is 31.2 Å². The predicted octanol–water partition coefficient (Wildman–Crippen LogP) is 3.63. The first-order valence-corrected chi connectivity index (χ1v) is 9.19. The number of aryl methyl sites for hydroxylation is 1. The van der Waals surface area contributed by atoms with E-state index >= 15 is 0 Å². The first-order valence-electron chi connectivity index (χ1n) is 9.19. The molecule has 0 radical (unpaired) electrons. The standard InChI is InChI=1S/C20H27NO3/c1-2-14-3-5-15(6-4-14)13-21(18-11-12-18)19(22)16-7-9-17(10-8-16)20(23)24/h3-6,16-18H,2,7-13H2,1H3,(H,23,24). The van der Waals surface area contributed by atoms with Crippen LogP contribution in [0.2, 0.25) is 0 Å². The number of carboxylic acids is 1. The molecule has 1 amide bonds. The van der Waals surface area contributed by atoms with Crippen LogP contribution in [-0.4, -0.2) is 27.9 Å². The lowest BCUT2D eigenvalue weighted by molar-refractivity contribution is -0.146. The largest absolute Gasteiger partial charge is 0.481 e. The summed E-state index contributed by atoms with van der Waals surface area (Å²) in [5.41, 5.74) is 2.50. The highest BCUT2D eigenvalue weighted by molar-refractivity contribution is 5.80. The molecule has 1 N–H and O–H groups in total. The first kappa shape index (κ1) is 17.0. The van der Waals surface area contributed by atoms with E-state index in [0.717, 1.165) is 19.3 Å². The summed E-state index contributed by atoms with van der Waals surface area (Å²) < 4.78 is 0. The van der Waals surface area contributed by atoms with Gasteiger partial charge in [-0.15, -0.1) is 0 Å². The van der Waals surface area contributed by atoms with E-state index in [9.17, 15) is 9.59 Å². The van der Waals surface area contributed by atoms with E-state index in [4.69, 9.17) is 5.11 Å². The van der Waals surface area contributed by atoms with Crippen molar-refractivity contribution in [3.63, 3.8) is 0 Å². The monoisotopic (exact) mass is 329 g/mol. The molecule has 1 aromatic rings. The van der Waals surface area contributed by atoms with Crippen LogP contribution in [0.25, 0.3) is 0 Å². The molecule has 0 spiro atoms. The maximum Gasteiger partial charge on any atom is 0.306 e. The van der Waals surface area contributed by atoms with E-state index < -0.39 is 5.97 Å². The van der Waals surface area contributed by atoms with Crippen LogP contribution in [0.3, 0.4) is 0 Å². The Hall–Kier alpha value is -1.84. The van der Waals surface area contributed by atoms with E-state index in [1.54, 1.807) is 0 Å². The average Bonchev–Trinajstić information content (AvgIpc) is 3.44. The zero-order chi connectivity index (χ0) is 17.1. The molecule has 0 atom stereocenters. The Morgan fingerprint density at radius 2 is 1.50 bits per heavy atom. The smallest absolute Gasteiger partial charge is 0.306 e. The van der Waals surface area contributed by atoms with Crippen LogP contribution in [0, 0.1) is 11.8 Å². The van der Waals surface area contributed by atoms with Crippen molar-refractivity contribution >= 4 is 11.9 Å². The number of carbonyl (C=O) groups is 2. The van der Waals surface area contributed by atoms with Crippen LogP contribution < -0.4 is 0 Å². The van der Waals surface area contributed by atoms with Gasteiger partial charge in [-0.05, 0) is 56.1 Å². The van der Waals surface area contributed by atoms with Crippen molar-refractivity contribution in [1.82, 2.24) is 4.90 Å². The highest BCUT2D eigenvalue weighted by atomic mass is 16.4. The van der Waals surface area contributed by atoms with Gasteiger partial charge in [0.25, 0.3) is 0 Å². The molecule has 24 heavy (non-hydrogen) atoms. The molecule has 1 aromatic carbocycles. The summed E-state index contributed by atoms with van der Waals surface area (Å²) in [5.74, 6) is -0.724. The molecule has 4 nitrogen and oxygen atoms in total. The Balaban J connectivity index is 1.62. The van der Waals surface area contributed by atoms with Gasteiger partial charge in [0.2, 0.25) is 5.91 Å². The van der Waals surface area contributed by atoms with Gasteiger partial charge in [-0.2, -0.15) is 0 Å². The SMILES string of the molecule is CCc1ccc(CN(C(=O)C2CCC(C(=O)O)CC2)C2CC2)cc1.